The minimum Gasteiger partial charge on any atom is -0.329 e. The van der Waals surface area contributed by atoms with Gasteiger partial charge < -0.3 is 5.10 Å². The van der Waals surface area contributed by atoms with Gasteiger partial charge in [-0.2, -0.15) is 5.21 Å². The first-order chi connectivity index (χ1) is 7.92. The quantitative estimate of drug-likeness (QED) is 0.546. The van der Waals surface area contributed by atoms with Crippen molar-refractivity contribution in [2.24, 2.45) is 0 Å². The molecule has 2 aromatic heterocycles. The van der Waals surface area contributed by atoms with E-state index in [2.05, 4.69) is 25.7 Å². The summed E-state index contributed by atoms with van der Waals surface area (Å²) in [5, 5.41) is 19.9. The van der Waals surface area contributed by atoms with Crippen molar-refractivity contribution in [2.45, 2.75) is 6.54 Å². The molecule has 0 bridgehead atoms. The maximum atomic E-state index is 4.43. The highest BCUT2D eigenvalue weighted by Gasteiger charge is 2.04. The minimum atomic E-state index is 0.484. The third-order valence-corrected chi connectivity index (χ3v) is 2.26. The minimum absolute atomic E-state index is 0.484. The van der Waals surface area contributed by atoms with Gasteiger partial charge in [-0.05, 0) is 6.07 Å². The van der Waals surface area contributed by atoms with Crippen molar-refractivity contribution >= 4 is 10.9 Å². The molecule has 0 aliphatic heterocycles. The molecule has 1 aromatic carbocycles. The Hall–Kier alpha value is -2.37. The number of benzene rings is 1. The van der Waals surface area contributed by atoms with E-state index in [-0.39, 0.29) is 0 Å². The average Bonchev–Trinajstić information content (AvgIpc) is 2.82. The Labute approximate surface area is 90.9 Å². The van der Waals surface area contributed by atoms with Crippen LogP contribution in [0.25, 0.3) is 10.9 Å². The zero-order chi connectivity index (χ0) is 10.8. The van der Waals surface area contributed by atoms with Crippen LogP contribution in [0.4, 0.5) is 0 Å². The third kappa shape index (κ3) is 1.60. The first-order valence-electron chi connectivity index (χ1n) is 4.85. The molecule has 0 atom stereocenters. The monoisotopic (exact) mass is 212 g/mol. The highest BCUT2D eigenvalue weighted by molar-refractivity contribution is 5.76. The lowest BCUT2D eigenvalue weighted by Gasteiger charge is -1.96. The first kappa shape index (κ1) is 8.90. The summed E-state index contributed by atoms with van der Waals surface area (Å²) < 4.78 is 1.76. The van der Waals surface area contributed by atoms with Gasteiger partial charge in [-0.3, -0.25) is 10.3 Å². The molecule has 3 rings (SSSR count). The van der Waals surface area contributed by atoms with Crippen LogP contribution in [0, 0.1) is 0 Å². The third-order valence-electron chi connectivity index (χ3n) is 2.26. The Bertz CT molecular complexity index is 604. The SMILES string of the molecule is c1ccc2n[n+](Cc3nnn[n-]3)ccc2c1. The number of rotatable bonds is 2. The van der Waals surface area contributed by atoms with Crippen LogP contribution in [0.1, 0.15) is 5.82 Å². The van der Waals surface area contributed by atoms with Crippen molar-refractivity contribution in [1.29, 1.82) is 0 Å². The van der Waals surface area contributed by atoms with Gasteiger partial charge in [0.05, 0.1) is 5.82 Å². The van der Waals surface area contributed by atoms with Crippen molar-refractivity contribution < 1.29 is 4.68 Å². The molecule has 0 unspecified atom stereocenters. The smallest absolute Gasteiger partial charge is 0.206 e. The van der Waals surface area contributed by atoms with Crippen molar-refractivity contribution in [3.8, 4) is 0 Å². The van der Waals surface area contributed by atoms with Gasteiger partial charge in [0.25, 0.3) is 0 Å². The summed E-state index contributed by atoms with van der Waals surface area (Å²) in [7, 11) is 0. The van der Waals surface area contributed by atoms with Crippen LogP contribution in [-0.2, 0) is 6.54 Å². The number of hydrogen-bond donors (Lipinski definition) is 0. The fraction of sp³-hybridized carbons (Fsp3) is 0.100. The highest BCUT2D eigenvalue weighted by atomic mass is 15.5. The molecule has 2 heterocycles. The number of aromatic nitrogens is 6. The first-order valence-corrected chi connectivity index (χ1v) is 4.85. The van der Waals surface area contributed by atoms with Gasteiger partial charge in [0.2, 0.25) is 6.54 Å². The van der Waals surface area contributed by atoms with E-state index >= 15 is 0 Å². The molecular weight excluding hydrogens is 204 g/mol. The van der Waals surface area contributed by atoms with Crippen LogP contribution in [0.5, 0.6) is 0 Å². The van der Waals surface area contributed by atoms with Crippen LogP contribution in [0.2, 0.25) is 0 Å². The second-order valence-electron chi connectivity index (χ2n) is 3.37. The Kier molecular flexibility index (Phi) is 2.03. The predicted octanol–water partition coefficient (Wildman–Crippen LogP) is -0.287. The van der Waals surface area contributed by atoms with E-state index in [1.165, 1.54) is 0 Å². The van der Waals surface area contributed by atoms with Crippen LogP contribution in [0.15, 0.2) is 36.5 Å². The maximum absolute atomic E-state index is 4.43. The highest BCUT2D eigenvalue weighted by Crippen LogP contribution is 2.06. The van der Waals surface area contributed by atoms with E-state index in [0.717, 1.165) is 10.9 Å². The largest absolute Gasteiger partial charge is 0.329 e. The van der Waals surface area contributed by atoms with E-state index in [4.69, 9.17) is 0 Å². The fourth-order valence-electron chi connectivity index (χ4n) is 1.52. The lowest BCUT2D eigenvalue weighted by molar-refractivity contribution is -0.744. The topological polar surface area (TPSA) is 69.5 Å². The van der Waals surface area contributed by atoms with Crippen molar-refractivity contribution in [3.63, 3.8) is 0 Å². The lowest BCUT2D eigenvalue weighted by Crippen LogP contribution is -2.38. The van der Waals surface area contributed by atoms with Gasteiger partial charge in [0, 0.05) is 16.6 Å². The average molecular weight is 212 g/mol. The Morgan fingerprint density at radius 2 is 2.12 bits per heavy atom. The molecule has 0 aliphatic rings. The van der Waals surface area contributed by atoms with Crippen molar-refractivity contribution in [2.75, 3.05) is 0 Å². The lowest BCUT2D eigenvalue weighted by atomic mass is 10.2. The summed E-state index contributed by atoms with van der Waals surface area (Å²) in [6, 6.07) is 9.94. The molecule has 0 spiro atoms. The van der Waals surface area contributed by atoms with E-state index in [1.807, 2.05) is 36.5 Å². The Balaban J connectivity index is 1.99. The number of hydrogen-bond acceptors (Lipinski definition) is 4. The molecular formula is C10H8N6. The summed E-state index contributed by atoms with van der Waals surface area (Å²) in [4.78, 5) is 0. The van der Waals surface area contributed by atoms with Gasteiger partial charge in [-0.15, -0.1) is 0 Å². The second-order valence-corrected chi connectivity index (χ2v) is 3.37. The van der Waals surface area contributed by atoms with Crippen LogP contribution in [0.3, 0.4) is 0 Å². The maximum Gasteiger partial charge on any atom is 0.206 e. The van der Waals surface area contributed by atoms with Crippen LogP contribution >= 0.6 is 0 Å². The molecule has 0 aliphatic carbocycles. The van der Waals surface area contributed by atoms with Gasteiger partial charge in [-0.1, -0.05) is 22.9 Å². The Morgan fingerprint density at radius 1 is 1.19 bits per heavy atom. The predicted molar refractivity (Wildman–Crippen MR) is 54.2 cm³/mol. The second kappa shape index (κ2) is 3.65. The normalized spacial score (nSPS) is 10.8. The molecule has 0 fully saturated rings. The summed E-state index contributed by atoms with van der Waals surface area (Å²) in [5.74, 6) is 0.563. The number of fused-ring (bicyclic) bond motifs is 1. The van der Waals surface area contributed by atoms with Crippen LogP contribution in [-0.4, -0.2) is 20.6 Å². The molecule has 0 saturated heterocycles. The van der Waals surface area contributed by atoms with Crippen LogP contribution < -0.4 is 9.78 Å². The summed E-state index contributed by atoms with van der Waals surface area (Å²) in [5.41, 5.74) is 0.942. The van der Waals surface area contributed by atoms with Gasteiger partial charge in [0.1, 0.15) is 5.52 Å². The summed E-state index contributed by atoms with van der Waals surface area (Å²) in [6.07, 6.45) is 1.89. The van der Waals surface area contributed by atoms with Crippen molar-refractivity contribution in [1.82, 2.24) is 25.7 Å². The van der Waals surface area contributed by atoms with E-state index in [1.54, 1.807) is 4.68 Å². The fourth-order valence-corrected chi connectivity index (χ4v) is 1.52. The number of nitrogens with zero attached hydrogens (tertiary/aromatic N) is 6. The zero-order valence-electron chi connectivity index (χ0n) is 8.35. The molecule has 16 heavy (non-hydrogen) atoms. The summed E-state index contributed by atoms with van der Waals surface area (Å²) >= 11 is 0. The van der Waals surface area contributed by atoms with Gasteiger partial charge in [-0.25, -0.2) is 0 Å². The molecule has 78 valence electrons. The van der Waals surface area contributed by atoms with E-state index in [9.17, 15) is 0 Å². The molecule has 0 saturated carbocycles. The molecule has 0 radical (unpaired) electrons. The molecule has 3 aromatic rings. The van der Waals surface area contributed by atoms with E-state index < -0.39 is 0 Å². The standard InChI is InChI=1S/C10H8N6/c1-2-4-9-8(3-1)5-6-16(13-9)7-10-11-14-15-12-10/h1-6H,7H2. The van der Waals surface area contributed by atoms with Gasteiger partial charge >= 0.3 is 0 Å². The van der Waals surface area contributed by atoms with Crippen molar-refractivity contribution in [3.05, 3.63) is 42.4 Å². The molecule has 0 amide bonds. The summed E-state index contributed by atoms with van der Waals surface area (Å²) in [6.45, 7) is 0.484. The Morgan fingerprint density at radius 3 is 3.00 bits per heavy atom. The van der Waals surface area contributed by atoms with E-state index in [0.29, 0.717) is 12.4 Å². The zero-order valence-corrected chi connectivity index (χ0v) is 8.35. The number of tetrazole rings is 1. The van der Waals surface area contributed by atoms with Gasteiger partial charge in [0.15, 0.2) is 6.20 Å². The molecule has 6 heteroatoms. The molecule has 6 nitrogen and oxygen atoms in total. The molecule has 0 N–H and O–H groups in total.